The Bertz CT molecular complexity index is 364. The molecule has 0 aromatic heterocycles. The lowest BCUT2D eigenvalue weighted by atomic mass is 10.0. The van der Waals surface area contributed by atoms with Crippen LogP contribution < -0.4 is 5.73 Å². The zero-order chi connectivity index (χ0) is 11.4. The standard InChI is InChI=1S/C14H20N2/c1-12(15)14-8-5-9-16(11-14)10-13-6-3-2-4-7-13/h2-4,6-7H,5,8-11,15H2,1H3. The summed E-state index contributed by atoms with van der Waals surface area (Å²) >= 11 is 0. The van der Waals surface area contributed by atoms with Gasteiger partial charge in [0.05, 0.1) is 0 Å². The first-order chi connectivity index (χ1) is 7.75. The van der Waals surface area contributed by atoms with Gasteiger partial charge < -0.3 is 5.73 Å². The van der Waals surface area contributed by atoms with Gasteiger partial charge in [-0.2, -0.15) is 0 Å². The van der Waals surface area contributed by atoms with Crippen LogP contribution in [-0.4, -0.2) is 18.0 Å². The van der Waals surface area contributed by atoms with Gasteiger partial charge in [0.25, 0.3) is 0 Å². The van der Waals surface area contributed by atoms with E-state index in [-0.39, 0.29) is 0 Å². The zero-order valence-electron chi connectivity index (χ0n) is 9.95. The van der Waals surface area contributed by atoms with Crippen LogP contribution in [0.1, 0.15) is 25.3 Å². The SMILES string of the molecule is CC(N)=C1CCCN(Cc2ccccc2)C1. The molecular formula is C14H20N2. The Morgan fingerprint density at radius 1 is 1.31 bits per heavy atom. The van der Waals surface area contributed by atoms with E-state index >= 15 is 0 Å². The van der Waals surface area contributed by atoms with Crippen LogP contribution in [0, 0.1) is 0 Å². The van der Waals surface area contributed by atoms with Crippen molar-refractivity contribution in [3.05, 3.63) is 47.2 Å². The molecule has 1 fully saturated rings. The van der Waals surface area contributed by atoms with Gasteiger partial charge in [-0.3, -0.25) is 4.90 Å². The first-order valence-corrected chi connectivity index (χ1v) is 5.96. The topological polar surface area (TPSA) is 29.3 Å². The third-order valence-electron chi connectivity index (χ3n) is 3.17. The summed E-state index contributed by atoms with van der Waals surface area (Å²) in [6, 6.07) is 10.6. The van der Waals surface area contributed by atoms with Gasteiger partial charge in [0.1, 0.15) is 0 Å². The Labute approximate surface area is 97.8 Å². The number of nitrogens with two attached hydrogens (primary N) is 1. The average Bonchev–Trinajstić information content (AvgIpc) is 2.30. The Kier molecular flexibility index (Phi) is 3.62. The minimum absolute atomic E-state index is 1.01. The fourth-order valence-corrected chi connectivity index (χ4v) is 2.24. The molecule has 2 heteroatoms. The van der Waals surface area contributed by atoms with Crippen molar-refractivity contribution in [1.82, 2.24) is 4.90 Å². The second-order valence-corrected chi connectivity index (χ2v) is 4.59. The molecule has 2 nitrogen and oxygen atoms in total. The van der Waals surface area contributed by atoms with Gasteiger partial charge in [0.2, 0.25) is 0 Å². The molecule has 1 aliphatic rings. The fraction of sp³-hybridized carbons (Fsp3) is 0.429. The molecule has 0 aliphatic carbocycles. The Morgan fingerprint density at radius 3 is 2.75 bits per heavy atom. The summed E-state index contributed by atoms with van der Waals surface area (Å²) < 4.78 is 0. The molecule has 1 aliphatic heterocycles. The van der Waals surface area contributed by atoms with E-state index in [0.29, 0.717) is 0 Å². The first-order valence-electron chi connectivity index (χ1n) is 5.96. The van der Waals surface area contributed by atoms with Crippen LogP contribution in [0.3, 0.4) is 0 Å². The minimum Gasteiger partial charge on any atom is -0.402 e. The summed E-state index contributed by atoms with van der Waals surface area (Å²) in [6.07, 6.45) is 2.41. The van der Waals surface area contributed by atoms with Crippen molar-refractivity contribution in [1.29, 1.82) is 0 Å². The van der Waals surface area contributed by atoms with E-state index in [0.717, 1.165) is 18.8 Å². The molecule has 1 aromatic carbocycles. The van der Waals surface area contributed by atoms with E-state index in [1.807, 2.05) is 6.92 Å². The van der Waals surface area contributed by atoms with Crippen molar-refractivity contribution in [2.75, 3.05) is 13.1 Å². The molecule has 1 saturated heterocycles. The summed E-state index contributed by atoms with van der Waals surface area (Å²) in [6.45, 7) is 5.28. The van der Waals surface area contributed by atoms with E-state index in [9.17, 15) is 0 Å². The summed E-state index contributed by atoms with van der Waals surface area (Å²) in [7, 11) is 0. The van der Waals surface area contributed by atoms with Gasteiger partial charge >= 0.3 is 0 Å². The van der Waals surface area contributed by atoms with Crippen LogP contribution in [0.25, 0.3) is 0 Å². The summed E-state index contributed by atoms with van der Waals surface area (Å²) in [5, 5.41) is 0. The molecule has 1 aromatic rings. The van der Waals surface area contributed by atoms with E-state index in [1.165, 1.54) is 30.5 Å². The summed E-state index contributed by atoms with van der Waals surface area (Å²) in [5.41, 5.74) is 9.69. The van der Waals surface area contributed by atoms with E-state index in [1.54, 1.807) is 0 Å². The molecule has 16 heavy (non-hydrogen) atoms. The normalized spacial score (nSPS) is 20.8. The van der Waals surface area contributed by atoms with Crippen molar-refractivity contribution < 1.29 is 0 Å². The molecule has 1 heterocycles. The lowest BCUT2D eigenvalue weighted by Crippen LogP contribution is -2.31. The first kappa shape index (κ1) is 11.2. The smallest absolute Gasteiger partial charge is 0.0237 e. The second kappa shape index (κ2) is 5.17. The van der Waals surface area contributed by atoms with Crippen molar-refractivity contribution in [3.8, 4) is 0 Å². The molecule has 0 unspecified atom stereocenters. The van der Waals surface area contributed by atoms with Crippen molar-refractivity contribution in [2.45, 2.75) is 26.3 Å². The van der Waals surface area contributed by atoms with E-state index < -0.39 is 0 Å². The molecule has 0 atom stereocenters. The number of rotatable bonds is 2. The zero-order valence-corrected chi connectivity index (χ0v) is 9.95. The van der Waals surface area contributed by atoms with Crippen LogP contribution in [0.15, 0.2) is 41.6 Å². The third kappa shape index (κ3) is 2.86. The number of likely N-dealkylation sites (tertiary alicyclic amines) is 1. The van der Waals surface area contributed by atoms with Crippen molar-refractivity contribution in [3.63, 3.8) is 0 Å². The molecule has 0 saturated carbocycles. The minimum atomic E-state index is 1.01. The summed E-state index contributed by atoms with van der Waals surface area (Å²) in [4.78, 5) is 2.48. The highest BCUT2D eigenvalue weighted by atomic mass is 15.1. The molecular weight excluding hydrogens is 196 g/mol. The van der Waals surface area contributed by atoms with Gasteiger partial charge in [-0.15, -0.1) is 0 Å². The maximum Gasteiger partial charge on any atom is 0.0237 e. The predicted octanol–water partition coefficient (Wildman–Crippen LogP) is 2.52. The summed E-state index contributed by atoms with van der Waals surface area (Å²) in [5.74, 6) is 0. The number of benzene rings is 1. The van der Waals surface area contributed by atoms with Crippen molar-refractivity contribution >= 4 is 0 Å². The number of piperidine rings is 1. The maximum absolute atomic E-state index is 5.88. The van der Waals surface area contributed by atoms with Gasteiger partial charge in [-0.25, -0.2) is 0 Å². The van der Waals surface area contributed by atoms with Crippen LogP contribution in [0.5, 0.6) is 0 Å². The van der Waals surface area contributed by atoms with Crippen molar-refractivity contribution in [2.24, 2.45) is 5.73 Å². The Balaban J connectivity index is 1.99. The predicted molar refractivity (Wildman–Crippen MR) is 67.8 cm³/mol. The van der Waals surface area contributed by atoms with Gasteiger partial charge in [-0.1, -0.05) is 30.3 Å². The highest BCUT2D eigenvalue weighted by Crippen LogP contribution is 2.18. The molecule has 0 bridgehead atoms. The largest absolute Gasteiger partial charge is 0.402 e. The van der Waals surface area contributed by atoms with Crippen LogP contribution in [0.2, 0.25) is 0 Å². The molecule has 86 valence electrons. The lowest BCUT2D eigenvalue weighted by molar-refractivity contribution is 0.256. The fourth-order valence-electron chi connectivity index (χ4n) is 2.24. The van der Waals surface area contributed by atoms with Crippen LogP contribution >= 0.6 is 0 Å². The number of hydrogen-bond donors (Lipinski definition) is 1. The van der Waals surface area contributed by atoms with E-state index in [2.05, 4.69) is 35.2 Å². The highest BCUT2D eigenvalue weighted by molar-refractivity contribution is 5.17. The molecule has 0 radical (unpaired) electrons. The molecule has 0 amide bonds. The quantitative estimate of drug-likeness (QED) is 0.823. The number of hydrogen-bond acceptors (Lipinski definition) is 2. The third-order valence-corrected chi connectivity index (χ3v) is 3.17. The van der Waals surface area contributed by atoms with E-state index in [4.69, 9.17) is 5.73 Å². The number of nitrogens with zero attached hydrogens (tertiary/aromatic N) is 1. The Hall–Kier alpha value is -1.28. The van der Waals surface area contributed by atoms with Gasteiger partial charge in [-0.05, 0) is 37.4 Å². The second-order valence-electron chi connectivity index (χ2n) is 4.59. The molecule has 2 rings (SSSR count). The number of allylic oxidation sites excluding steroid dienone is 1. The van der Waals surface area contributed by atoms with Gasteiger partial charge in [0, 0.05) is 18.8 Å². The Morgan fingerprint density at radius 2 is 2.06 bits per heavy atom. The highest BCUT2D eigenvalue weighted by Gasteiger charge is 2.15. The molecule has 0 spiro atoms. The molecule has 2 N–H and O–H groups in total. The monoisotopic (exact) mass is 216 g/mol. The lowest BCUT2D eigenvalue weighted by Gasteiger charge is -2.29. The van der Waals surface area contributed by atoms with Crippen LogP contribution in [-0.2, 0) is 6.54 Å². The average molecular weight is 216 g/mol. The maximum atomic E-state index is 5.88. The van der Waals surface area contributed by atoms with Gasteiger partial charge in [0.15, 0.2) is 0 Å². The van der Waals surface area contributed by atoms with Crippen LogP contribution in [0.4, 0.5) is 0 Å².